The van der Waals surface area contributed by atoms with Gasteiger partial charge in [-0.05, 0) is 30.3 Å². The van der Waals surface area contributed by atoms with Crippen LogP contribution in [0, 0.1) is 0 Å². The quantitative estimate of drug-likeness (QED) is 0.727. The van der Waals surface area contributed by atoms with Crippen molar-refractivity contribution < 1.29 is 31.1 Å². The minimum atomic E-state index is -4.38. The number of benzene rings is 2. The van der Waals surface area contributed by atoms with Crippen LogP contribution in [0.4, 0.5) is 24.5 Å². The van der Waals surface area contributed by atoms with Gasteiger partial charge in [0.1, 0.15) is 5.75 Å². The maximum atomic E-state index is 12.6. The first-order chi connectivity index (χ1) is 12.6. The first-order valence-electron chi connectivity index (χ1n) is 7.52. The van der Waals surface area contributed by atoms with Crippen molar-refractivity contribution >= 4 is 39.1 Å². The number of sulfonamides is 1. The lowest BCUT2D eigenvalue weighted by Gasteiger charge is -2.19. The van der Waals surface area contributed by atoms with E-state index in [-0.39, 0.29) is 27.8 Å². The Balaban J connectivity index is 1.85. The largest absolute Gasteiger partial charge is 0.482 e. The summed E-state index contributed by atoms with van der Waals surface area (Å²) in [5.41, 5.74) is 0.235. The van der Waals surface area contributed by atoms with Crippen molar-refractivity contribution in [2.75, 3.05) is 22.4 Å². The standard InChI is InChI=1S/C16H13F3N2O4S2/c17-16(18,19)9-26-14-4-2-1-3-11(14)21-27(23,24)10-5-6-13-12(7-10)20-15(22)8-25-13/h1-7,21H,8-9H2,(H,20,22). The van der Waals surface area contributed by atoms with Crippen molar-refractivity contribution in [2.24, 2.45) is 0 Å². The molecule has 27 heavy (non-hydrogen) atoms. The van der Waals surface area contributed by atoms with Crippen molar-refractivity contribution in [1.82, 2.24) is 0 Å². The molecule has 0 spiro atoms. The highest BCUT2D eigenvalue weighted by atomic mass is 32.2. The number of para-hydroxylation sites is 1. The average molecular weight is 418 g/mol. The molecule has 6 nitrogen and oxygen atoms in total. The number of amides is 1. The van der Waals surface area contributed by atoms with Crippen LogP contribution < -0.4 is 14.8 Å². The lowest BCUT2D eigenvalue weighted by molar-refractivity contribution is -0.118. The van der Waals surface area contributed by atoms with Crippen LogP contribution in [0.3, 0.4) is 0 Å². The molecule has 2 N–H and O–H groups in total. The van der Waals surface area contributed by atoms with Gasteiger partial charge in [-0.3, -0.25) is 9.52 Å². The number of nitrogens with one attached hydrogen (secondary N) is 2. The van der Waals surface area contributed by atoms with Gasteiger partial charge < -0.3 is 10.1 Å². The minimum Gasteiger partial charge on any atom is -0.482 e. The highest BCUT2D eigenvalue weighted by molar-refractivity contribution is 7.99. The number of hydrogen-bond donors (Lipinski definition) is 2. The molecule has 1 amide bonds. The zero-order valence-electron chi connectivity index (χ0n) is 13.5. The first kappa shape index (κ1) is 19.4. The number of alkyl halides is 3. The SMILES string of the molecule is O=C1COc2ccc(S(=O)(=O)Nc3ccccc3SCC(F)(F)F)cc2N1. The Morgan fingerprint density at radius 3 is 2.67 bits per heavy atom. The fourth-order valence-corrected chi connectivity index (χ4v) is 4.21. The van der Waals surface area contributed by atoms with Gasteiger partial charge in [0, 0.05) is 4.90 Å². The van der Waals surface area contributed by atoms with Crippen molar-refractivity contribution in [3.8, 4) is 5.75 Å². The van der Waals surface area contributed by atoms with E-state index < -0.39 is 27.9 Å². The summed E-state index contributed by atoms with van der Waals surface area (Å²) < 4.78 is 70.1. The van der Waals surface area contributed by atoms with E-state index in [1.165, 1.54) is 42.5 Å². The molecule has 0 atom stereocenters. The summed E-state index contributed by atoms with van der Waals surface area (Å²) in [6, 6.07) is 9.70. The second-order valence-electron chi connectivity index (χ2n) is 5.50. The molecule has 2 aromatic carbocycles. The fourth-order valence-electron chi connectivity index (χ4n) is 2.27. The van der Waals surface area contributed by atoms with E-state index in [4.69, 9.17) is 4.74 Å². The monoisotopic (exact) mass is 418 g/mol. The smallest absolute Gasteiger partial charge is 0.398 e. The molecule has 0 bridgehead atoms. The lowest BCUT2D eigenvalue weighted by atomic mass is 10.2. The molecule has 0 saturated carbocycles. The first-order valence-corrected chi connectivity index (χ1v) is 9.99. The van der Waals surface area contributed by atoms with E-state index in [2.05, 4.69) is 10.0 Å². The summed E-state index contributed by atoms with van der Waals surface area (Å²) in [5, 5.41) is 2.50. The Kier molecular flexibility index (Phi) is 5.24. The summed E-state index contributed by atoms with van der Waals surface area (Å²) in [6.45, 7) is -0.166. The van der Waals surface area contributed by atoms with E-state index in [1.54, 1.807) is 0 Å². The van der Waals surface area contributed by atoms with Gasteiger partial charge in [-0.1, -0.05) is 12.1 Å². The molecule has 1 aliphatic heterocycles. The predicted octanol–water partition coefficient (Wildman–Crippen LogP) is 3.47. The van der Waals surface area contributed by atoms with Gasteiger partial charge in [-0.25, -0.2) is 8.42 Å². The molecule has 0 aromatic heterocycles. The Morgan fingerprint density at radius 2 is 1.93 bits per heavy atom. The van der Waals surface area contributed by atoms with E-state index in [9.17, 15) is 26.4 Å². The van der Waals surface area contributed by atoms with Crippen molar-refractivity contribution in [2.45, 2.75) is 16.0 Å². The van der Waals surface area contributed by atoms with Gasteiger partial charge in [-0.2, -0.15) is 13.2 Å². The van der Waals surface area contributed by atoms with Gasteiger partial charge in [0.05, 0.1) is 22.0 Å². The number of thioether (sulfide) groups is 1. The minimum absolute atomic E-state index is 0.0322. The Bertz CT molecular complexity index is 978. The second-order valence-corrected chi connectivity index (χ2v) is 8.20. The Hall–Kier alpha value is -2.40. The third-order valence-electron chi connectivity index (χ3n) is 3.42. The van der Waals surface area contributed by atoms with Gasteiger partial charge in [-0.15, -0.1) is 11.8 Å². The number of ether oxygens (including phenoxy) is 1. The number of anilines is 2. The molecule has 2 aromatic rings. The number of rotatable bonds is 5. The number of fused-ring (bicyclic) bond motifs is 1. The van der Waals surface area contributed by atoms with Crippen LogP contribution in [0.25, 0.3) is 0 Å². The number of carbonyl (C=O) groups excluding carboxylic acids is 1. The zero-order chi connectivity index (χ0) is 19.7. The average Bonchev–Trinajstić information content (AvgIpc) is 2.59. The van der Waals surface area contributed by atoms with E-state index in [0.29, 0.717) is 17.5 Å². The van der Waals surface area contributed by atoms with Gasteiger partial charge in [0.2, 0.25) is 0 Å². The maximum Gasteiger partial charge on any atom is 0.398 e. The van der Waals surface area contributed by atoms with Crippen molar-refractivity contribution in [3.05, 3.63) is 42.5 Å². The summed E-state index contributed by atoms with van der Waals surface area (Å²) in [7, 11) is -4.09. The highest BCUT2D eigenvalue weighted by Crippen LogP contribution is 2.34. The molecule has 0 unspecified atom stereocenters. The van der Waals surface area contributed by atoms with Crippen LogP contribution in [-0.2, 0) is 14.8 Å². The molecule has 1 heterocycles. The third-order valence-corrected chi connectivity index (χ3v) is 5.92. The number of halogens is 3. The summed E-state index contributed by atoms with van der Waals surface area (Å²) in [4.78, 5) is 11.4. The summed E-state index contributed by atoms with van der Waals surface area (Å²) in [5.74, 6) is -1.23. The van der Waals surface area contributed by atoms with Crippen LogP contribution >= 0.6 is 11.8 Å². The van der Waals surface area contributed by atoms with Crippen molar-refractivity contribution in [1.29, 1.82) is 0 Å². The Morgan fingerprint density at radius 1 is 1.19 bits per heavy atom. The molecule has 3 rings (SSSR count). The molecule has 0 aliphatic carbocycles. The molecule has 0 fully saturated rings. The topological polar surface area (TPSA) is 84.5 Å². The van der Waals surface area contributed by atoms with Crippen LogP contribution in [-0.4, -0.2) is 32.9 Å². The zero-order valence-corrected chi connectivity index (χ0v) is 15.2. The van der Waals surface area contributed by atoms with E-state index >= 15 is 0 Å². The molecule has 1 aliphatic rings. The molecule has 144 valence electrons. The fraction of sp³-hybridized carbons (Fsp3) is 0.188. The third kappa shape index (κ3) is 4.86. The summed E-state index contributed by atoms with van der Waals surface area (Å²) >= 11 is 0.484. The van der Waals surface area contributed by atoms with Gasteiger partial charge in [0.25, 0.3) is 15.9 Å². The normalized spacial score (nSPS) is 14.1. The molecule has 0 saturated heterocycles. The molecule has 0 radical (unpaired) electrons. The van der Waals surface area contributed by atoms with Crippen LogP contribution in [0.5, 0.6) is 5.75 Å². The highest BCUT2D eigenvalue weighted by Gasteiger charge is 2.28. The van der Waals surface area contributed by atoms with E-state index in [0.717, 1.165) is 0 Å². The van der Waals surface area contributed by atoms with Crippen LogP contribution in [0.1, 0.15) is 0 Å². The lowest BCUT2D eigenvalue weighted by Crippen LogP contribution is -2.25. The van der Waals surface area contributed by atoms with Crippen molar-refractivity contribution in [3.63, 3.8) is 0 Å². The predicted molar refractivity (Wildman–Crippen MR) is 94.6 cm³/mol. The van der Waals surface area contributed by atoms with Gasteiger partial charge in [0.15, 0.2) is 6.61 Å². The molecular formula is C16H13F3N2O4S2. The van der Waals surface area contributed by atoms with Crippen LogP contribution in [0.15, 0.2) is 52.3 Å². The van der Waals surface area contributed by atoms with Gasteiger partial charge >= 0.3 is 6.18 Å². The summed E-state index contributed by atoms with van der Waals surface area (Å²) in [6.07, 6.45) is -4.38. The maximum absolute atomic E-state index is 12.6. The number of hydrogen-bond acceptors (Lipinski definition) is 5. The second kappa shape index (κ2) is 7.31. The molecule has 11 heteroatoms. The molecular weight excluding hydrogens is 405 g/mol. The number of carbonyl (C=O) groups is 1. The van der Waals surface area contributed by atoms with E-state index in [1.807, 2.05) is 0 Å². The Labute approximate surface area is 157 Å². The van der Waals surface area contributed by atoms with Crippen LogP contribution in [0.2, 0.25) is 0 Å².